The molecule has 2 aromatic carbocycles. The predicted molar refractivity (Wildman–Crippen MR) is 151 cm³/mol. The summed E-state index contributed by atoms with van der Waals surface area (Å²) in [5.74, 6) is 0.854. The van der Waals surface area contributed by atoms with Crippen LogP contribution in [0.5, 0.6) is 0 Å². The van der Waals surface area contributed by atoms with E-state index in [1.165, 1.54) is 11.1 Å². The number of piperidine rings is 1. The third kappa shape index (κ3) is 7.60. The van der Waals surface area contributed by atoms with Gasteiger partial charge in [0.25, 0.3) is 0 Å². The Bertz CT molecular complexity index is 911. The number of amides is 1. The van der Waals surface area contributed by atoms with Crippen LogP contribution in [-0.4, -0.2) is 54.5 Å². The summed E-state index contributed by atoms with van der Waals surface area (Å²) in [6.45, 7) is 11.4. The van der Waals surface area contributed by atoms with Crippen LogP contribution in [0.2, 0.25) is 5.02 Å². The second kappa shape index (κ2) is 13.3. The normalized spacial score (nSPS) is 20.5. The van der Waals surface area contributed by atoms with E-state index in [0.29, 0.717) is 18.2 Å². The fourth-order valence-corrected chi connectivity index (χ4v) is 5.55. The summed E-state index contributed by atoms with van der Waals surface area (Å²) in [5, 5.41) is 4.17. The summed E-state index contributed by atoms with van der Waals surface area (Å²) in [5.41, 5.74) is 2.53. The molecular weight excluding hydrogens is 501 g/mol. The minimum absolute atomic E-state index is 0. The monoisotopic (exact) mass is 539 g/mol. The Morgan fingerprint density at radius 1 is 0.971 bits per heavy atom. The van der Waals surface area contributed by atoms with Crippen LogP contribution >= 0.6 is 36.4 Å². The van der Waals surface area contributed by atoms with Gasteiger partial charge in [-0.25, -0.2) is 0 Å². The van der Waals surface area contributed by atoms with Crippen molar-refractivity contribution in [3.63, 3.8) is 0 Å². The van der Waals surface area contributed by atoms with E-state index in [9.17, 15) is 4.79 Å². The summed E-state index contributed by atoms with van der Waals surface area (Å²) in [6, 6.07) is 19.3. The largest absolute Gasteiger partial charge is 0.337 e. The molecule has 4 rings (SSSR count). The van der Waals surface area contributed by atoms with Crippen molar-refractivity contribution in [2.75, 3.05) is 32.7 Å². The van der Waals surface area contributed by atoms with Crippen molar-refractivity contribution in [2.45, 2.75) is 52.1 Å². The van der Waals surface area contributed by atoms with Gasteiger partial charge < -0.3 is 10.2 Å². The molecule has 1 unspecified atom stereocenters. The molecule has 0 bridgehead atoms. The molecule has 0 spiro atoms. The van der Waals surface area contributed by atoms with Crippen molar-refractivity contribution in [3.8, 4) is 0 Å². The number of hydrogen-bond donors (Lipinski definition) is 1. The smallest absolute Gasteiger partial charge is 0.223 e. The maximum atomic E-state index is 13.4. The van der Waals surface area contributed by atoms with Crippen LogP contribution in [0.4, 0.5) is 0 Å². The molecule has 2 atom stereocenters. The highest BCUT2D eigenvalue weighted by molar-refractivity contribution is 6.30. The molecule has 0 aliphatic carbocycles. The van der Waals surface area contributed by atoms with Gasteiger partial charge in [0.15, 0.2) is 0 Å². The molecule has 2 heterocycles. The third-order valence-corrected chi connectivity index (χ3v) is 7.57. The van der Waals surface area contributed by atoms with Gasteiger partial charge in [-0.3, -0.25) is 9.69 Å². The number of nitrogens with one attached hydrogen (secondary N) is 1. The summed E-state index contributed by atoms with van der Waals surface area (Å²) < 4.78 is 0. The highest BCUT2D eigenvalue weighted by Crippen LogP contribution is 2.36. The summed E-state index contributed by atoms with van der Waals surface area (Å²) in [4.78, 5) is 18.2. The molecule has 194 valence electrons. The molecule has 7 heteroatoms. The summed E-state index contributed by atoms with van der Waals surface area (Å²) in [7, 11) is 0. The van der Waals surface area contributed by atoms with Crippen LogP contribution in [-0.2, 0) is 4.79 Å². The molecule has 2 aliphatic rings. The average molecular weight is 541 g/mol. The first kappa shape index (κ1) is 29.9. The molecule has 2 aliphatic heterocycles. The minimum Gasteiger partial charge on any atom is -0.337 e. The molecule has 2 saturated heterocycles. The highest BCUT2D eigenvalue weighted by Gasteiger charge is 2.40. The average Bonchev–Trinajstić information content (AvgIpc) is 2.81. The number of carbonyl (C=O) groups is 1. The Kier molecular flexibility index (Phi) is 11.4. The molecule has 35 heavy (non-hydrogen) atoms. The molecule has 0 saturated carbocycles. The van der Waals surface area contributed by atoms with Crippen molar-refractivity contribution in [1.29, 1.82) is 0 Å². The quantitative estimate of drug-likeness (QED) is 0.489. The standard InChI is InChI=1S/C28H38ClN3O.2ClH/c1-28(2,3)25-20-31(17-18-32(25)26(33)19-21-13-15-30-16-14-21)27(22-7-5-4-6-8-22)23-9-11-24(29)12-10-23;;/h4-12,21,25,27,30H,13-20H2,1-3H3;2*1H/t25-,27?;;/m1../s1. The van der Waals surface area contributed by atoms with Gasteiger partial charge in [0.2, 0.25) is 5.91 Å². The van der Waals surface area contributed by atoms with Crippen LogP contribution in [0.1, 0.15) is 57.2 Å². The maximum absolute atomic E-state index is 13.4. The van der Waals surface area contributed by atoms with Gasteiger partial charge in [0, 0.05) is 37.1 Å². The Morgan fingerprint density at radius 2 is 1.57 bits per heavy atom. The number of carbonyl (C=O) groups excluding carboxylic acids is 1. The van der Waals surface area contributed by atoms with Crippen molar-refractivity contribution in [1.82, 2.24) is 15.1 Å². The first-order valence-electron chi connectivity index (χ1n) is 12.4. The van der Waals surface area contributed by atoms with E-state index in [0.717, 1.165) is 50.6 Å². The third-order valence-electron chi connectivity index (χ3n) is 7.32. The lowest BCUT2D eigenvalue weighted by Crippen LogP contribution is -2.60. The van der Waals surface area contributed by atoms with Gasteiger partial charge in [-0.2, -0.15) is 0 Å². The molecule has 4 nitrogen and oxygen atoms in total. The molecule has 0 radical (unpaired) electrons. The lowest BCUT2D eigenvalue weighted by Gasteiger charge is -2.49. The van der Waals surface area contributed by atoms with Crippen molar-refractivity contribution in [2.24, 2.45) is 11.3 Å². The SMILES string of the molecule is CC(C)(C)[C@H]1CN(C(c2ccccc2)c2ccc(Cl)cc2)CCN1C(=O)CC1CCNCC1.Cl.Cl. The lowest BCUT2D eigenvalue weighted by atomic mass is 9.82. The Balaban J connectivity index is 0.00000216. The minimum atomic E-state index is 0. The van der Waals surface area contributed by atoms with Crippen LogP contribution in [0.15, 0.2) is 54.6 Å². The Morgan fingerprint density at radius 3 is 2.17 bits per heavy atom. The van der Waals surface area contributed by atoms with Gasteiger partial charge in [0.1, 0.15) is 0 Å². The van der Waals surface area contributed by atoms with Crippen LogP contribution in [0.3, 0.4) is 0 Å². The topological polar surface area (TPSA) is 35.6 Å². The highest BCUT2D eigenvalue weighted by atomic mass is 35.5. The van der Waals surface area contributed by atoms with E-state index in [4.69, 9.17) is 11.6 Å². The number of halogens is 3. The van der Waals surface area contributed by atoms with Crippen molar-refractivity contribution < 1.29 is 4.79 Å². The molecule has 2 aromatic rings. The zero-order valence-electron chi connectivity index (χ0n) is 21.1. The Hall–Kier alpha value is -1.30. The maximum Gasteiger partial charge on any atom is 0.223 e. The zero-order chi connectivity index (χ0) is 23.4. The first-order chi connectivity index (χ1) is 15.8. The fourth-order valence-electron chi connectivity index (χ4n) is 5.42. The van der Waals surface area contributed by atoms with Gasteiger partial charge in [-0.1, -0.05) is 74.8 Å². The van der Waals surface area contributed by atoms with Crippen LogP contribution < -0.4 is 5.32 Å². The number of nitrogens with zero attached hydrogens (tertiary/aromatic N) is 2. The molecule has 1 N–H and O–H groups in total. The predicted octanol–water partition coefficient (Wildman–Crippen LogP) is 6.22. The van der Waals surface area contributed by atoms with Gasteiger partial charge in [0.05, 0.1) is 6.04 Å². The lowest BCUT2D eigenvalue weighted by molar-refractivity contribution is -0.141. The van der Waals surface area contributed by atoms with E-state index >= 15 is 0 Å². The van der Waals surface area contributed by atoms with Gasteiger partial charge >= 0.3 is 0 Å². The molecule has 1 amide bonds. The Labute approximate surface area is 228 Å². The van der Waals surface area contributed by atoms with Crippen molar-refractivity contribution in [3.05, 3.63) is 70.7 Å². The second-order valence-electron chi connectivity index (χ2n) is 10.7. The second-order valence-corrected chi connectivity index (χ2v) is 11.2. The molecular formula is C28H40Cl3N3O. The van der Waals surface area contributed by atoms with Crippen molar-refractivity contribution >= 4 is 42.3 Å². The van der Waals surface area contributed by atoms with Crippen LogP contribution in [0, 0.1) is 11.3 Å². The summed E-state index contributed by atoms with van der Waals surface area (Å²) in [6.07, 6.45) is 2.91. The molecule has 2 fully saturated rings. The summed E-state index contributed by atoms with van der Waals surface area (Å²) >= 11 is 6.20. The van der Waals surface area contributed by atoms with E-state index < -0.39 is 0 Å². The zero-order valence-corrected chi connectivity index (χ0v) is 23.5. The fraction of sp³-hybridized carbons (Fsp3) is 0.536. The molecule has 0 aromatic heterocycles. The van der Waals surface area contributed by atoms with E-state index in [1.807, 2.05) is 12.1 Å². The number of benzene rings is 2. The number of rotatable bonds is 5. The van der Waals surface area contributed by atoms with Gasteiger partial charge in [-0.15, -0.1) is 24.8 Å². The van der Waals surface area contributed by atoms with E-state index in [-0.39, 0.29) is 42.3 Å². The number of piperazine rings is 1. The van der Waals surface area contributed by atoms with E-state index in [2.05, 4.69) is 78.4 Å². The van der Waals surface area contributed by atoms with Gasteiger partial charge in [-0.05, 0) is 60.5 Å². The first-order valence-corrected chi connectivity index (χ1v) is 12.8. The number of hydrogen-bond acceptors (Lipinski definition) is 3. The van der Waals surface area contributed by atoms with Crippen LogP contribution in [0.25, 0.3) is 0 Å². The van der Waals surface area contributed by atoms with E-state index in [1.54, 1.807) is 0 Å².